The van der Waals surface area contributed by atoms with Crippen LogP contribution in [0.2, 0.25) is 0 Å². The van der Waals surface area contributed by atoms with Crippen molar-refractivity contribution in [2.45, 2.75) is 33.0 Å². The zero-order valence-electron chi connectivity index (χ0n) is 11.0. The zero-order valence-corrected chi connectivity index (χ0v) is 11.8. The van der Waals surface area contributed by atoms with Crippen molar-refractivity contribution >= 4 is 12.4 Å². The topological polar surface area (TPSA) is 47.7 Å². The molecule has 2 rings (SSSR count). The van der Waals surface area contributed by atoms with Crippen molar-refractivity contribution in [1.29, 1.82) is 0 Å². The molecule has 0 spiro atoms. The molecule has 0 aliphatic carbocycles. The highest BCUT2D eigenvalue weighted by molar-refractivity contribution is 5.85. The Bertz CT molecular complexity index is 474. The molecule has 18 heavy (non-hydrogen) atoms. The number of hydrogen-bond donors (Lipinski definition) is 1. The highest BCUT2D eigenvalue weighted by Crippen LogP contribution is 2.04. The fourth-order valence-corrected chi connectivity index (χ4v) is 1.64. The minimum Gasteiger partial charge on any atom is -0.305 e. The van der Waals surface area contributed by atoms with Crippen LogP contribution in [0.4, 0.5) is 0 Å². The van der Waals surface area contributed by atoms with Crippen LogP contribution in [-0.2, 0) is 20.1 Å². The third-order valence-electron chi connectivity index (χ3n) is 2.57. The average molecular weight is 270 g/mol. The summed E-state index contributed by atoms with van der Waals surface area (Å²) in [6.07, 6.45) is 3.97. The molecule has 2 aromatic heterocycles. The van der Waals surface area contributed by atoms with Crippen LogP contribution in [-0.4, -0.2) is 19.6 Å². The molecule has 0 atom stereocenters. The average Bonchev–Trinajstić information content (AvgIpc) is 2.88. The molecule has 6 heteroatoms. The molecule has 100 valence electrons. The molecule has 0 saturated carbocycles. The SMILES string of the molecule is CC(C)n1ccc(CNCc2ccn(C)n2)n1.Cl. The van der Waals surface area contributed by atoms with Gasteiger partial charge in [0.15, 0.2) is 0 Å². The van der Waals surface area contributed by atoms with Crippen LogP contribution in [0.5, 0.6) is 0 Å². The van der Waals surface area contributed by atoms with Crippen LogP contribution in [0.3, 0.4) is 0 Å². The minimum atomic E-state index is 0. The molecule has 0 aliphatic heterocycles. The Morgan fingerprint density at radius 3 is 2.22 bits per heavy atom. The second-order valence-electron chi connectivity index (χ2n) is 4.47. The third-order valence-corrected chi connectivity index (χ3v) is 2.57. The normalized spacial score (nSPS) is 10.7. The predicted octanol–water partition coefficient (Wildman–Crippen LogP) is 1.91. The predicted molar refractivity (Wildman–Crippen MR) is 73.6 cm³/mol. The van der Waals surface area contributed by atoms with E-state index in [0.717, 1.165) is 24.5 Å². The maximum atomic E-state index is 4.47. The number of nitrogens with one attached hydrogen (secondary N) is 1. The maximum Gasteiger partial charge on any atom is 0.0762 e. The van der Waals surface area contributed by atoms with Gasteiger partial charge in [-0.05, 0) is 26.0 Å². The standard InChI is InChI=1S/C12H19N5.ClH/c1-10(2)17-7-5-12(15-17)9-13-8-11-4-6-16(3)14-11;/h4-7,10,13H,8-9H2,1-3H3;1H. The number of nitrogens with zero attached hydrogens (tertiary/aromatic N) is 4. The van der Waals surface area contributed by atoms with Gasteiger partial charge in [0.25, 0.3) is 0 Å². The molecular weight excluding hydrogens is 250 g/mol. The molecule has 0 unspecified atom stereocenters. The van der Waals surface area contributed by atoms with E-state index >= 15 is 0 Å². The Labute approximate surface area is 114 Å². The van der Waals surface area contributed by atoms with Crippen molar-refractivity contribution in [3.8, 4) is 0 Å². The van der Waals surface area contributed by atoms with Crippen LogP contribution in [0.15, 0.2) is 24.5 Å². The molecular formula is C12H20ClN5. The molecule has 1 N–H and O–H groups in total. The van der Waals surface area contributed by atoms with E-state index in [1.54, 1.807) is 0 Å². The van der Waals surface area contributed by atoms with Crippen molar-refractivity contribution in [1.82, 2.24) is 24.9 Å². The van der Waals surface area contributed by atoms with E-state index in [4.69, 9.17) is 0 Å². The summed E-state index contributed by atoms with van der Waals surface area (Å²) >= 11 is 0. The molecule has 0 saturated heterocycles. The van der Waals surface area contributed by atoms with E-state index in [1.165, 1.54) is 0 Å². The van der Waals surface area contributed by atoms with E-state index in [0.29, 0.717) is 6.04 Å². The summed E-state index contributed by atoms with van der Waals surface area (Å²) in [4.78, 5) is 0. The van der Waals surface area contributed by atoms with Gasteiger partial charge in [-0.1, -0.05) is 0 Å². The maximum absolute atomic E-state index is 4.47. The van der Waals surface area contributed by atoms with E-state index < -0.39 is 0 Å². The van der Waals surface area contributed by atoms with Gasteiger partial charge in [0.1, 0.15) is 0 Å². The van der Waals surface area contributed by atoms with E-state index in [1.807, 2.05) is 40.9 Å². The lowest BCUT2D eigenvalue weighted by Gasteiger charge is -2.04. The van der Waals surface area contributed by atoms with E-state index in [9.17, 15) is 0 Å². The Hall–Kier alpha value is -1.33. The highest BCUT2D eigenvalue weighted by atomic mass is 35.5. The fourth-order valence-electron chi connectivity index (χ4n) is 1.64. The van der Waals surface area contributed by atoms with Crippen molar-refractivity contribution in [3.63, 3.8) is 0 Å². The number of halogens is 1. The summed E-state index contributed by atoms with van der Waals surface area (Å²) in [6, 6.07) is 4.48. The van der Waals surface area contributed by atoms with Gasteiger partial charge >= 0.3 is 0 Å². The van der Waals surface area contributed by atoms with Crippen LogP contribution in [0.25, 0.3) is 0 Å². The highest BCUT2D eigenvalue weighted by Gasteiger charge is 2.02. The van der Waals surface area contributed by atoms with Crippen molar-refractivity contribution in [3.05, 3.63) is 35.9 Å². The van der Waals surface area contributed by atoms with Gasteiger partial charge in [-0.3, -0.25) is 9.36 Å². The minimum absolute atomic E-state index is 0. The summed E-state index contributed by atoms with van der Waals surface area (Å²) in [5.74, 6) is 0. The fraction of sp³-hybridized carbons (Fsp3) is 0.500. The first-order valence-corrected chi connectivity index (χ1v) is 5.88. The monoisotopic (exact) mass is 269 g/mol. The molecule has 5 nitrogen and oxygen atoms in total. The lowest BCUT2D eigenvalue weighted by Crippen LogP contribution is -2.14. The first kappa shape index (κ1) is 14.7. The summed E-state index contributed by atoms with van der Waals surface area (Å²) in [7, 11) is 1.92. The lowest BCUT2D eigenvalue weighted by atomic mass is 10.4. The van der Waals surface area contributed by atoms with Gasteiger partial charge in [-0.2, -0.15) is 10.2 Å². The second kappa shape index (κ2) is 6.56. The Morgan fingerprint density at radius 1 is 1.11 bits per heavy atom. The van der Waals surface area contributed by atoms with Crippen LogP contribution in [0.1, 0.15) is 31.3 Å². The third kappa shape index (κ3) is 3.85. The second-order valence-corrected chi connectivity index (χ2v) is 4.47. The van der Waals surface area contributed by atoms with Gasteiger partial charge in [-0.25, -0.2) is 0 Å². The smallest absolute Gasteiger partial charge is 0.0762 e. The molecule has 0 fully saturated rings. The van der Waals surface area contributed by atoms with Crippen LogP contribution >= 0.6 is 12.4 Å². The molecule has 0 aromatic carbocycles. The lowest BCUT2D eigenvalue weighted by molar-refractivity contribution is 0.521. The Kier molecular flexibility index (Phi) is 5.37. The van der Waals surface area contributed by atoms with Gasteiger partial charge in [0.2, 0.25) is 0 Å². The van der Waals surface area contributed by atoms with Gasteiger partial charge in [0, 0.05) is 38.6 Å². The summed E-state index contributed by atoms with van der Waals surface area (Å²) in [5.41, 5.74) is 2.12. The number of hydrogen-bond acceptors (Lipinski definition) is 3. The summed E-state index contributed by atoms with van der Waals surface area (Å²) < 4.78 is 3.78. The molecule has 0 radical (unpaired) electrons. The first-order chi connectivity index (χ1) is 8.15. The Morgan fingerprint density at radius 2 is 1.72 bits per heavy atom. The van der Waals surface area contributed by atoms with E-state index in [-0.39, 0.29) is 12.4 Å². The molecule has 0 bridgehead atoms. The van der Waals surface area contributed by atoms with Crippen molar-refractivity contribution < 1.29 is 0 Å². The van der Waals surface area contributed by atoms with Crippen molar-refractivity contribution in [2.24, 2.45) is 7.05 Å². The zero-order chi connectivity index (χ0) is 12.3. The number of aromatic nitrogens is 4. The molecule has 2 aromatic rings. The largest absolute Gasteiger partial charge is 0.305 e. The number of aryl methyl sites for hydroxylation is 1. The quantitative estimate of drug-likeness (QED) is 0.902. The molecule has 2 heterocycles. The van der Waals surface area contributed by atoms with Gasteiger partial charge in [0.05, 0.1) is 11.4 Å². The van der Waals surface area contributed by atoms with Crippen LogP contribution < -0.4 is 5.32 Å². The first-order valence-electron chi connectivity index (χ1n) is 5.88. The summed E-state index contributed by atoms with van der Waals surface area (Å²) in [6.45, 7) is 5.79. The van der Waals surface area contributed by atoms with E-state index in [2.05, 4.69) is 29.4 Å². The van der Waals surface area contributed by atoms with Crippen molar-refractivity contribution in [2.75, 3.05) is 0 Å². The van der Waals surface area contributed by atoms with Gasteiger partial charge < -0.3 is 5.32 Å². The molecule has 0 amide bonds. The number of rotatable bonds is 5. The summed E-state index contributed by atoms with van der Waals surface area (Å²) in [5, 5.41) is 12.1. The van der Waals surface area contributed by atoms with Gasteiger partial charge in [-0.15, -0.1) is 12.4 Å². The Balaban J connectivity index is 0.00000162. The van der Waals surface area contributed by atoms with Crippen LogP contribution in [0, 0.1) is 0 Å². The molecule has 0 aliphatic rings.